The van der Waals surface area contributed by atoms with E-state index in [1.54, 1.807) is 17.9 Å². The van der Waals surface area contributed by atoms with Crippen molar-refractivity contribution in [1.29, 1.82) is 0 Å². The molecule has 21 heavy (non-hydrogen) atoms. The highest BCUT2D eigenvalue weighted by molar-refractivity contribution is 5.75. The molecule has 2 aromatic rings. The van der Waals surface area contributed by atoms with Gasteiger partial charge in [0.1, 0.15) is 5.75 Å². The van der Waals surface area contributed by atoms with E-state index >= 15 is 0 Å². The number of methoxy groups -OCH3 is 1. The van der Waals surface area contributed by atoms with E-state index in [1.807, 2.05) is 37.2 Å². The minimum Gasteiger partial charge on any atom is -0.496 e. The molecular formula is C16H19N3O2. The van der Waals surface area contributed by atoms with Crippen LogP contribution in [0.3, 0.4) is 0 Å². The summed E-state index contributed by atoms with van der Waals surface area (Å²) in [5.74, 6) is 0.859. The van der Waals surface area contributed by atoms with Crippen LogP contribution in [0.15, 0.2) is 29.1 Å². The fourth-order valence-electron chi connectivity index (χ4n) is 2.69. The van der Waals surface area contributed by atoms with Gasteiger partial charge in [0, 0.05) is 30.2 Å². The van der Waals surface area contributed by atoms with Gasteiger partial charge in [0.15, 0.2) is 0 Å². The number of hydrogen-bond acceptors (Lipinski definition) is 4. The fourth-order valence-corrected chi connectivity index (χ4v) is 2.69. The maximum absolute atomic E-state index is 12.1. The van der Waals surface area contributed by atoms with Crippen molar-refractivity contribution in [2.45, 2.75) is 13.0 Å². The molecule has 0 saturated carbocycles. The average Bonchev–Trinajstić information content (AvgIpc) is 2.81. The predicted molar refractivity (Wildman–Crippen MR) is 81.8 cm³/mol. The first-order valence-electron chi connectivity index (χ1n) is 7.02. The third-order valence-corrected chi connectivity index (χ3v) is 3.81. The molecule has 1 heterocycles. The van der Waals surface area contributed by atoms with Crippen LogP contribution in [0.4, 0.5) is 0 Å². The summed E-state index contributed by atoms with van der Waals surface area (Å²) in [5, 5.41) is 4.56. The molecule has 0 fully saturated rings. The van der Waals surface area contributed by atoms with Crippen molar-refractivity contribution in [3.63, 3.8) is 0 Å². The van der Waals surface area contributed by atoms with E-state index in [0.29, 0.717) is 13.0 Å². The van der Waals surface area contributed by atoms with Gasteiger partial charge >= 0.3 is 0 Å². The lowest BCUT2D eigenvalue weighted by molar-refractivity contribution is 0.368. The number of rotatable bonds is 4. The number of aromatic nitrogens is 2. The molecule has 3 rings (SSSR count). The summed E-state index contributed by atoms with van der Waals surface area (Å²) in [6, 6.07) is 7.65. The Labute approximate surface area is 123 Å². The van der Waals surface area contributed by atoms with Crippen molar-refractivity contribution < 1.29 is 4.74 Å². The van der Waals surface area contributed by atoms with Crippen LogP contribution in [0.25, 0.3) is 11.3 Å². The zero-order valence-electron chi connectivity index (χ0n) is 12.6. The molecule has 0 spiro atoms. The Balaban J connectivity index is 2.04. The zero-order valence-corrected chi connectivity index (χ0v) is 12.6. The van der Waals surface area contributed by atoms with E-state index in [-0.39, 0.29) is 5.56 Å². The molecule has 0 radical (unpaired) electrons. The van der Waals surface area contributed by atoms with E-state index in [9.17, 15) is 4.79 Å². The number of likely N-dealkylation sites (N-methyl/N-ethyl adjacent to an activating group) is 1. The van der Waals surface area contributed by atoms with Gasteiger partial charge in [-0.25, -0.2) is 4.68 Å². The first-order valence-corrected chi connectivity index (χ1v) is 7.02. The van der Waals surface area contributed by atoms with Crippen LogP contribution in [0.5, 0.6) is 5.75 Å². The molecule has 0 unspecified atom stereocenters. The number of benzene rings is 1. The highest BCUT2D eigenvalue weighted by Crippen LogP contribution is 2.38. The second-order valence-corrected chi connectivity index (χ2v) is 5.55. The third kappa shape index (κ3) is 2.45. The highest BCUT2D eigenvalue weighted by Gasteiger charge is 2.24. The first kappa shape index (κ1) is 13.8. The van der Waals surface area contributed by atoms with Gasteiger partial charge in [-0.15, -0.1) is 0 Å². The molecule has 1 aromatic heterocycles. The van der Waals surface area contributed by atoms with Crippen molar-refractivity contribution in [1.82, 2.24) is 14.7 Å². The van der Waals surface area contributed by atoms with Crippen molar-refractivity contribution in [3.05, 3.63) is 45.7 Å². The van der Waals surface area contributed by atoms with Gasteiger partial charge in [0.2, 0.25) is 0 Å². The minimum absolute atomic E-state index is 0.0395. The molecular weight excluding hydrogens is 266 g/mol. The molecule has 0 N–H and O–H groups in total. The maximum Gasteiger partial charge on any atom is 0.267 e. The number of hydrogen-bond donors (Lipinski definition) is 0. The molecule has 1 aliphatic rings. The van der Waals surface area contributed by atoms with Crippen molar-refractivity contribution in [3.8, 4) is 17.0 Å². The summed E-state index contributed by atoms with van der Waals surface area (Å²) in [6.07, 6.45) is 0.714. The predicted octanol–water partition coefficient (Wildman–Crippen LogP) is 1.38. The SMILES string of the molecule is COc1cccc2c1Cc1cc(=O)n(CCN(C)C)nc1-2. The van der Waals surface area contributed by atoms with Gasteiger partial charge in [-0.05, 0) is 25.7 Å². The Kier molecular flexibility index (Phi) is 3.51. The molecule has 5 nitrogen and oxygen atoms in total. The summed E-state index contributed by atoms with van der Waals surface area (Å²) in [7, 11) is 5.64. The van der Waals surface area contributed by atoms with Crippen LogP contribution >= 0.6 is 0 Å². The van der Waals surface area contributed by atoms with E-state index in [1.165, 1.54) is 0 Å². The zero-order chi connectivity index (χ0) is 15.0. The van der Waals surface area contributed by atoms with Gasteiger partial charge < -0.3 is 9.64 Å². The Bertz CT molecular complexity index is 735. The summed E-state index contributed by atoms with van der Waals surface area (Å²) in [4.78, 5) is 14.2. The van der Waals surface area contributed by atoms with Crippen LogP contribution in [-0.2, 0) is 13.0 Å². The fraction of sp³-hybridized carbons (Fsp3) is 0.375. The first-order chi connectivity index (χ1) is 10.1. The van der Waals surface area contributed by atoms with E-state index in [2.05, 4.69) is 5.10 Å². The second kappa shape index (κ2) is 5.33. The molecule has 0 aliphatic heterocycles. The lowest BCUT2D eigenvalue weighted by Crippen LogP contribution is -2.28. The van der Waals surface area contributed by atoms with Crippen molar-refractivity contribution in [2.75, 3.05) is 27.7 Å². The van der Waals surface area contributed by atoms with E-state index in [4.69, 9.17) is 4.74 Å². The molecule has 110 valence electrons. The highest BCUT2D eigenvalue weighted by atomic mass is 16.5. The lowest BCUT2D eigenvalue weighted by atomic mass is 10.1. The monoisotopic (exact) mass is 285 g/mol. The maximum atomic E-state index is 12.1. The Morgan fingerprint density at radius 2 is 2.19 bits per heavy atom. The van der Waals surface area contributed by atoms with Gasteiger partial charge in [-0.1, -0.05) is 12.1 Å². The summed E-state index contributed by atoms with van der Waals surface area (Å²) < 4.78 is 6.96. The third-order valence-electron chi connectivity index (χ3n) is 3.81. The summed E-state index contributed by atoms with van der Waals surface area (Å²) >= 11 is 0. The molecule has 1 aromatic carbocycles. The minimum atomic E-state index is -0.0395. The standard InChI is InChI=1S/C16H19N3O2/c1-18(2)7-8-19-15(20)10-11-9-13-12(16(11)17-19)5-4-6-14(13)21-3/h4-6,10H,7-9H2,1-3H3. The molecule has 0 saturated heterocycles. The van der Waals surface area contributed by atoms with Gasteiger partial charge in [-0.3, -0.25) is 4.79 Å². The van der Waals surface area contributed by atoms with Crippen LogP contribution < -0.4 is 10.3 Å². The van der Waals surface area contributed by atoms with E-state index < -0.39 is 0 Å². The largest absolute Gasteiger partial charge is 0.496 e. The lowest BCUT2D eigenvalue weighted by Gasteiger charge is -2.11. The van der Waals surface area contributed by atoms with Gasteiger partial charge in [0.25, 0.3) is 5.56 Å². The second-order valence-electron chi connectivity index (χ2n) is 5.55. The topological polar surface area (TPSA) is 47.4 Å². The average molecular weight is 285 g/mol. The van der Waals surface area contributed by atoms with Crippen LogP contribution in [0.1, 0.15) is 11.1 Å². The number of fused-ring (bicyclic) bond motifs is 3. The molecule has 1 aliphatic carbocycles. The van der Waals surface area contributed by atoms with Crippen LogP contribution in [0.2, 0.25) is 0 Å². The van der Waals surface area contributed by atoms with Gasteiger partial charge in [-0.2, -0.15) is 5.10 Å². The van der Waals surface area contributed by atoms with Gasteiger partial charge in [0.05, 0.1) is 19.3 Å². The summed E-state index contributed by atoms with van der Waals surface area (Å²) in [6.45, 7) is 1.38. The number of ether oxygens (including phenoxy) is 1. The normalized spacial score (nSPS) is 12.4. The molecule has 0 atom stereocenters. The smallest absolute Gasteiger partial charge is 0.267 e. The van der Waals surface area contributed by atoms with E-state index in [0.717, 1.165) is 34.7 Å². The Hall–Kier alpha value is -2.14. The molecule has 0 amide bonds. The van der Waals surface area contributed by atoms with Crippen LogP contribution in [-0.4, -0.2) is 42.4 Å². The van der Waals surface area contributed by atoms with Crippen molar-refractivity contribution in [2.24, 2.45) is 0 Å². The molecule has 5 heteroatoms. The molecule has 0 bridgehead atoms. The number of nitrogens with zero attached hydrogens (tertiary/aromatic N) is 3. The van der Waals surface area contributed by atoms with Crippen LogP contribution in [0, 0.1) is 0 Å². The van der Waals surface area contributed by atoms with Crippen molar-refractivity contribution >= 4 is 0 Å². The summed E-state index contributed by atoms with van der Waals surface area (Å²) in [5.41, 5.74) is 4.04. The Morgan fingerprint density at radius 1 is 1.38 bits per heavy atom. The Morgan fingerprint density at radius 3 is 2.90 bits per heavy atom. The quantitative estimate of drug-likeness (QED) is 0.726.